The molecule has 0 saturated carbocycles. The summed E-state index contributed by atoms with van der Waals surface area (Å²) in [6.07, 6.45) is 3.86. The number of ether oxygens (including phenoxy) is 1. The van der Waals surface area contributed by atoms with Crippen molar-refractivity contribution in [2.24, 2.45) is 0 Å². The molecule has 0 spiro atoms. The van der Waals surface area contributed by atoms with E-state index in [1.807, 2.05) is 12.1 Å². The van der Waals surface area contributed by atoms with Crippen molar-refractivity contribution in [2.45, 2.75) is 50.2 Å². The van der Waals surface area contributed by atoms with E-state index < -0.39 is 16.1 Å². The standard InChI is InChI=1S/C23H31N3O4S/c1-18(25-31(28,29)22-12-10-21(30-2)11-13-22)23(27)24-16-19-6-8-20(9-7-19)17-26-14-4-3-5-15-26/h6-13,18,25H,3-5,14-17H2,1-2H3,(H,24,27)/t18-/m0/s1. The Morgan fingerprint density at radius 3 is 2.23 bits per heavy atom. The summed E-state index contributed by atoms with van der Waals surface area (Å²) in [5, 5.41) is 2.80. The number of hydrogen-bond acceptors (Lipinski definition) is 5. The van der Waals surface area contributed by atoms with E-state index >= 15 is 0 Å². The Morgan fingerprint density at radius 1 is 1.00 bits per heavy atom. The van der Waals surface area contributed by atoms with Crippen LogP contribution in [0.15, 0.2) is 53.4 Å². The molecule has 1 amide bonds. The zero-order valence-electron chi connectivity index (χ0n) is 18.1. The number of amides is 1. The first-order chi connectivity index (χ1) is 14.9. The zero-order chi connectivity index (χ0) is 22.3. The van der Waals surface area contributed by atoms with E-state index in [2.05, 4.69) is 27.1 Å². The third kappa shape index (κ3) is 6.78. The minimum absolute atomic E-state index is 0.0808. The molecule has 2 aromatic carbocycles. The van der Waals surface area contributed by atoms with Gasteiger partial charge in [-0.15, -0.1) is 0 Å². The van der Waals surface area contributed by atoms with Crippen molar-refractivity contribution in [1.82, 2.24) is 14.9 Å². The van der Waals surface area contributed by atoms with Gasteiger partial charge in [0.05, 0.1) is 18.0 Å². The molecule has 1 saturated heterocycles. The van der Waals surface area contributed by atoms with Gasteiger partial charge in [0, 0.05) is 13.1 Å². The van der Waals surface area contributed by atoms with E-state index in [1.54, 1.807) is 12.1 Å². The summed E-state index contributed by atoms with van der Waals surface area (Å²) in [7, 11) is -2.29. The lowest BCUT2D eigenvalue weighted by Gasteiger charge is -2.26. The number of nitrogens with one attached hydrogen (secondary N) is 2. The summed E-state index contributed by atoms with van der Waals surface area (Å²) in [4.78, 5) is 14.9. The van der Waals surface area contributed by atoms with Crippen LogP contribution in [0.3, 0.4) is 0 Å². The van der Waals surface area contributed by atoms with Crippen LogP contribution in [0.2, 0.25) is 0 Å². The van der Waals surface area contributed by atoms with E-state index in [1.165, 1.54) is 51.0 Å². The van der Waals surface area contributed by atoms with Gasteiger partial charge in [0.1, 0.15) is 5.75 Å². The fourth-order valence-electron chi connectivity index (χ4n) is 3.59. The summed E-state index contributed by atoms with van der Waals surface area (Å²) in [5.41, 5.74) is 2.23. The Balaban J connectivity index is 1.48. The maximum atomic E-state index is 12.5. The van der Waals surface area contributed by atoms with Crippen molar-refractivity contribution in [1.29, 1.82) is 0 Å². The molecule has 8 heteroatoms. The van der Waals surface area contributed by atoms with Gasteiger partial charge in [-0.05, 0) is 68.2 Å². The molecule has 0 unspecified atom stereocenters. The number of likely N-dealkylation sites (tertiary alicyclic amines) is 1. The molecule has 168 valence electrons. The lowest BCUT2D eigenvalue weighted by molar-refractivity contribution is -0.122. The summed E-state index contributed by atoms with van der Waals surface area (Å²) in [6, 6.07) is 13.3. The van der Waals surface area contributed by atoms with Crippen LogP contribution in [0.25, 0.3) is 0 Å². The van der Waals surface area contributed by atoms with Crippen LogP contribution in [0.1, 0.15) is 37.3 Å². The van der Waals surface area contributed by atoms with Crippen LogP contribution in [0, 0.1) is 0 Å². The van der Waals surface area contributed by atoms with Gasteiger partial charge in [0.2, 0.25) is 15.9 Å². The molecule has 0 aromatic heterocycles. The normalized spacial score (nSPS) is 15.9. The van der Waals surface area contributed by atoms with Crippen molar-refractivity contribution in [3.05, 3.63) is 59.7 Å². The number of sulfonamides is 1. The average molecular weight is 446 g/mol. The summed E-state index contributed by atoms with van der Waals surface area (Å²) >= 11 is 0. The number of hydrogen-bond donors (Lipinski definition) is 2. The highest BCUT2D eigenvalue weighted by atomic mass is 32.2. The van der Waals surface area contributed by atoms with Crippen LogP contribution in [0.4, 0.5) is 0 Å². The van der Waals surface area contributed by atoms with Crippen molar-refractivity contribution < 1.29 is 17.9 Å². The molecule has 2 aromatic rings. The molecule has 7 nitrogen and oxygen atoms in total. The maximum Gasteiger partial charge on any atom is 0.241 e. The number of carbonyl (C=O) groups is 1. The zero-order valence-corrected chi connectivity index (χ0v) is 19.0. The first kappa shape index (κ1) is 23.2. The first-order valence-corrected chi connectivity index (χ1v) is 12.1. The second kappa shape index (κ2) is 10.7. The lowest BCUT2D eigenvalue weighted by Crippen LogP contribution is -2.44. The van der Waals surface area contributed by atoms with E-state index in [9.17, 15) is 13.2 Å². The second-order valence-electron chi connectivity index (χ2n) is 7.89. The molecule has 0 radical (unpaired) electrons. The highest BCUT2D eigenvalue weighted by Gasteiger charge is 2.22. The maximum absolute atomic E-state index is 12.5. The number of benzene rings is 2. The van der Waals surface area contributed by atoms with Crippen LogP contribution in [-0.4, -0.2) is 45.5 Å². The molecule has 0 bridgehead atoms. The molecule has 3 rings (SSSR count). The monoisotopic (exact) mass is 445 g/mol. The molecule has 0 aliphatic carbocycles. The Kier molecular flexibility index (Phi) is 8.06. The van der Waals surface area contributed by atoms with Gasteiger partial charge < -0.3 is 10.1 Å². The molecule has 1 fully saturated rings. The Morgan fingerprint density at radius 2 is 1.61 bits per heavy atom. The van der Waals surface area contributed by atoms with Gasteiger partial charge >= 0.3 is 0 Å². The predicted molar refractivity (Wildman–Crippen MR) is 120 cm³/mol. The van der Waals surface area contributed by atoms with Gasteiger partial charge in [-0.3, -0.25) is 9.69 Å². The van der Waals surface area contributed by atoms with Crippen LogP contribution in [0.5, 0.6) is 5.75 Å². The number of methoxy groups -OCH3 is 1. The summed E-state index contributed by atoms with van der Waals surface area (Å²) in [5.74, 6) is 0.182. The molecule has 1 aliphatic rings. The first-order valence-electron chi connectivity index (χ1n) is 10.6. The van der Waals surface area contributed by atoms with Crippen molar-refractivity contribution in [3.8, 4) is 5.75 Å². The molecule has 31 heavy (non-hydrogen) atoms. The van der Waals surface area contributed by atoms with Crippen molar-refractivity contribution in [2.75, 3.05) is 20.2 Å². The molecule has 1 aliphatic heterocycles. The third-order valence-corrected chi connectivity index (χ3v) is 7.00. The summed E-state index contributed by atoms with van der Waals surface area (Å²) < 4.78 is 32.4. The summed E-state index contributed by atoms with van der Waals surface area (Å²) in [6.45, 7) is 5.14. The Hall–Kier alpha value is -2.42. The van der Waals surface area contributed by atoms with Gasteiger partial charge in [0.25, 0.3) is 0 Å². The highest BCUT2D eigenvalue weighted by molar-refractivity contribution is 7.89. The third-order valence-electron chi connectivity index (χ3n) is 5.44. The number of carbonyl (C=O) groups excluding carboxylic acids is 1. The van der Waals surface area contributed by atoms with E-state index in [4.69, 9.17) is 4.74 Å². The topological polar surface area (TPSA) is 87.7 Å². The second-order valence-corrected chi connectivity index (χ2v) is 9.60. The predicted octanol–water partition coefficient (Wildman–Crippen LogP) is 2.66. The van der Waals surface area contributed by atoms with Gasteiger partial charge in [-0.2, -0.15) is 4.72 Å². The molecule has 1 atom stereocenters. The van der Waals surface area contributed by atoms with Crippen LogP contribution < -0.4 is 14.8 Å². The van der Waals surface area contributed by atoms with Crippen LogP contribution >= 0.6 is 0 Å². The molecule has 1 heterocycles. The fourth-order valence-corrected chi connectivity index (χ4v) is 4.79. The quantitative estimate of drug-likeness (QED) is 0.620. The molecular formula is C23H31N3O4S. The van der Waals surface area contributed by atoms with E-state index in [0.29, 0.717) is 12.3 Å². The van der Waals surface area contributed by atoms with Gasteiger partial charge in [-0.1, -0.05) is 30.7 Å². The Labute approximate surface area is 184 Å². The van der Waals surface area contributed by atoms with E-state index in [0.717, 1.165) is 25.2 Å². The minimum atomic E-state index is -3.80. The molecular weight excluding hydrogens is 414 g/mol. The minimum Gasteiger partial charge on any atom is -0.497 e. The van der Waals surface area contributed by atoms with Gasteiger partial charge in [0.15, 0.2) is 0 Å². The number of rotatable bonds is 9. The number of nitrogens with zero attached hydrogens (tertiary/aromatic N) is 1. The highest BCUT2D eigenvalue weighted by Crippen LogP contribution is 2.16. The van der Waals surface area contributed by atoms with Crippen LogP contribution in [-0.2, 0) is 27.9 Å². The molecule has 2 N–H and O–H groups in total. The van der Waals surface area contributed by atoms with Crippen molar-refractivity contribution in [3.63, 3.8) is 0 Å². The largest absolute Gasteiger partial charge is 0.497 e. The lowest BCUT2D eigenvalue weighted by atomic mass is 10.1. The fraction of sp³-hybridized carbons (Fsp3) is 0.435. The van der Waals surface area contributed by atoms with Gasteiger partial charge in [-0.25, -0.2) is 8.42 Å². The van der Waals surface area contributed by atoms with E-state index in [-0.39, 0.29) is 10.8 Å². The van der Waals surface area contributed by atoms with Crippen molar-refractivity contribution >= 4 is 15.9 Å². The Bertz CT molecular complexity index is 953. The SMILES string of the molecule is COc1ccc(S(=O)(=O)N[C@@H](C)C(=O)NCc2ccc(CN3CCCCC3)cc2)cc1. The average Bonchev–Trinajstić information content (AvgIpc) is 2.79. The smallest absolute Gasteiger partial charge is 0.241 e. The number of piperidine rings is 1.